The first-order valence-electron chi connectivity index (χ1n) is 5.50. The Labute approximate surface area is 84.3 Å². The molecule has 0 radical (unpaired) electrons. The molecule has 2 nitrogen and oxygen atoms in total. The third-order valence-electron chi connectivity index (χ3n) is 1.50. The molecule has 0 aromatic rings. The predicted molar refractivity (Wildman–Crippen MR) is 60.2 cm³/mol. The van der Waals surface area contributed by atoms with E-state index in [9.17, 15) is 0 Å². The van der Waals surface area contributed by atoms with Crippen molar-refractivity contribution in [2.45, 2.75) is 40.0 Å². The van der Waals surface area contributed by atoms with Gasteiger partial charge in [-0.2, -0.15) is 0 Å². The molecule has 0 aromatic heterocycles. The lowest BCUT2D eigenvalue weighted by Gasteiger charge is -2.03. The summed E-state index contributed by atoms with van der Waals surface area (Å²) in [6.45, 7) is 9.39. The van der Waals surface area contributed by atoms with Crippen molar-refractivity contribution in [1.82, 2.24) is 4.90 Å². The van der Waals surface area contributed by atoms with Crippen molar-refractivity contribution in [3.05, 3.63) is 0 Å². The third kappa shape index (κ3) is 18.7. The van der Waals surface area contributed by atoms with Gasteiger partial charge in [-0.25, -0.2) is 0 Å². The molecule has 2 heteroatoms. The molecule has 1 saturated heterocycles. The van der Waals surface area contributed by atoms with E-state index in [1.807, 2.05) is 13.8 Å². The SMILES string of the molecule is C1CCOC1.CC.CCCN(C)C. The Balaban J connectivity index is 0. The molecule has 0 amide bonds. The van der Waals surface area contributed by atoms with E-state index in [4.69, 9.17) is 4.74 Å². The average Bonchev–Trinajstić information content (AvgIpc) is 2.64. The summed E-state index contributed by atoms with van der Waals surface area (Å²) in [7, 11) is 4.17. The maximum absolute atomic E-state index is 4.94. The molecule has 13 heavy (non-hydrogen) atoms. The minimum Gasteiger partial charge on any atom is -0.381 e. The maximum Gasteiger partial charge on any atom is 0.0466 e. The van der Waals surface area contributed by atoms with E-state index >= 15 is 0 Å². The minimum absolute atomic E-state index is 1.00. The van der Waals surface area contributed by atoms with Crippen LogP contribution in [0.1, 0.15) is 40.0 Å². The van der Waals surface area contributed by atoms with Gasteiger partial charge in [0.25, 0.3) is 0 Å². The fourth-order valence-corrected chi connectivity index (χ4v) is 0.958. The molecule has 0 atom stereocenters. The van der Waals surface area contributed by atoms with Crippen LogP contribution >= 0.6 is 0 Å². The number of hydrogen-bond acceptors (Lipinski definition) is 2. The largest absolute Gasteiger partial charge is 0.381 e. The molecule has 0 aromatic carbocycles. The van der Waals surface area contributed by atoms with Gasteiger partial charge in [-0.3, -0.25) is 0 Å². The molecule has 82 valence electrons. The van der Waals surface area contributed by atoms with E-state index in [0.29, 0.717) is 0 Å². The highest BCUT2D eigenvalue weighted by Crippen LogP contribution is 1.98. The summed E-state index contributed by atoms with van der Waals surface area (Å²) < 4.78 is 4.94. The van der Waals surface area contributed by atoms with Crippen molar-refractivity contribution in [1.29, 1.82) is 0 Å². The van der Waals surface area contributed by atoms with Crippen LogP contribution in [0.25, 0.3) is 0 Å². The van der Waals surface area contributed by atoms with E-state index in [1.54, 1.807) is 0 Å². The van der Waals surface area contributed by atoms with Crippen LogP contribution in [0.15, 0.2) is 0 Å². The Morgan fingerprint density at radius 1 is 1.08 bits per heavy atom. The number of hydrogen-bond donors (Lipinski definition) is 0. The monoisotopic (exact) mass is 189 g/mol. The van der Waals surface area contributed by atoms with Gasteiger partial charge >= 0.3 is 0 Å². The third-order valence-corrected chi connectivity index (χ3v) is 1.50. The van der Waals surface area contributed by atoms with Crippen LogP contribution in [-0.2, 0) is 4.74 Å². The van der Waals surface area contributed by atoms with E-state index in [0.717, 1.165) is 13.2 Å². The van der Waals surface area contributed by atoms with Crippen LogP contribution in [0.3, 0.4) is 0 Å². The topological polar surface area (TPSA) is 12.5 Å². The van der Waals surface area contributed by atoms with Crippen LogP contribution < -0.4 is 0 Å². The van der Waals surface area contributed by atoms with E-state index in [-0.39, 0.29) is 0 Å². The van der Waals surface area contributed by atoms with Crippen LogP contribution in [0.2, 0.25) is 0 Å². The lowest BCUT2D eigenvalue weighted by molar-refractivity contribution is 0.198. The quantitative estimate of drug-likeness (QED) is 0.662. The molecule has 0 unspecified atom stereocenters. The van der Waals surface area contributed by atoms with Crippen molar-refractivity contribution < 1.29 is 4.74 Å². The second kappa shape index (κ2) is 14.4. The predicted octanol–water partition coefficient (Wildman–Crippen LogP) is 2.78. The highest BCUT2D eigenvalue weighted by molar-refractivity contribution is 4.43. The van der Waals surface area contributed by atoms with E-state index in [1.165, 1.54) is 25.8 Å². The first-order chi connectivity index (χ1) is 6.27. The minimum atomic E-state index is 1.00. The number of rotatable bonds is 2. The van der Waals surface area contributed by atoms with Gasteiger partial charge < -0.3 is 9.64 Å². The Hall–Kier alpha value is -0.0800. The van der Waals surface area contributed by atoms with Crippen LogP contribution in [0, 0.1) is 0 Å². The number of nitrogens with zero attached hydrogens (tertiary/aromatic N) is 1. The standard InChI is InChI=1S/C5H13N.C4H8O.C2H6/c1-4-5-6(2)3;1-2-4-5-3-1;1-2/h4-5H2,1-3H3;1-4H2;1-2H3. The zero-order chi connectivity index (χ0) is 10.5. The summed E-state index contributed by atoms with van der Waals surface area (Å²) in [5.41, 5.74) is 0. The van der Waals surface area contributed by atoms with Gasteiger partial charge in [0.1, 0.15) is 0 Å². The van der Waals surface area contributed by atoms with Gasteiger partial charge in [-0.15, -0.1) is 0 Å². The lowest BCUT2D eigenvalue weighted by atomic mass is 10.4. The Morgan fingerprint density at radius 3 is 1.62 bits per heavy atom. The summed E-state index contributed by atoms with van der Waals surface area (Å²) in [4.78, 5) is 2.18. The summed E-state index contributed by atoms with van der Waals surface area (Å²) >= 11 is 0. The van der Waals surface area contributed by atoms with Crippen LogP contribution in [0.5, 0.6) is 0 Å². The van der Waals surface area contributed by atoms with Gasteiger partial charge in [0.2, 0.25) is 0 Å². The second-order valence-electron chi connectivity index (χ2n) is 3.12. The Kier molecular flexibility index (Phi) is 17.1. The molecule has 0 spiro atoms. The molecule has 0 N–H and O–H groups in total. The maximum atomic E-state index is 4.94. The molecule has 0 saturated carbocycles. The molecule has 0 aliphatic carbocycles. The van der Waals surface area contributed by atoms with E-state index in [2.05, 4.69) is 25.9 Å². The molecular formula is C11H27NO. The highest BCUT2D eigenvalue weighted by atomic mass is 16.5. The molecule has 0 bridgehead atoms. The Morgan fingerprint density at radius 2 is 1.54 bits per heavy atom. The smallest absolute Gasteiger partial charge is 0.0466 e. The first-order valence-corrected chi connectivity index (χ1v) is 5.50. The van der Waals surface area contributed by atoms with Crippen molar-refractivity contribution in [3.8, 4) is 0 Å². The zero-order valence-corrected chi connectivity index (χ0v) is 10.1. The van der Waals surface area contributed by atoms with Gasteiger partial charge in [-0.05, 0) is 39.9 Å². The van der Waals surface area contributed by atoms with Crippen LogP contribution in [0.4, 0.5) is 0 Å². The molecule has 1 heterocycles. The van der Waals surface area contributed by atoms with Crippen molar-refractivity contribution >= 4 is 0 Å². The normalized spacial score (nSPS) is 14.3. The molecule has 1 fully saturated rings. The highest BCUT2D eigenvalue weighted by Gasteiger charge is 1.94. The van der Waals surface area contributed by atoms with Gasteiger partial charge in [0.15, 0.2) is 0 Å². The number of ether oxygens (including phenoxy) is 1. The molecule has 1 aliphatic rings. The first kappa shape index (κ1) is 15.4. The molecular weight excluding hydrogens is 162 g/mol. The second-order valence-corrected chi connectivity index (χ2v) is 3.12. The summed E-state index contributed by atoms with van der Waals surface area (Å²) in [6.07, 6.45) is 3.81. The zero-order valence-electron chi connectivity index (χ0n) is 10.1. The summed E-state index contributed by atoms with van der Waals surface area (Å²) in [6, 6.07) is 0. The lowest BCUT2D eigenvalue weighted by Crippen LogP contribution is -2.11. The van der Waals surface area contributed by atoms with Gasteiger partial charge in [0, 0.05) is 13.2 Å². The van der Waals surface area contributed by atoms with Gasteiger partial charge in [-0.1, -0.05) is 20.8 Å². The molecule has 1 rings (SSSR count). The van der Waals surface area contributed by atoms with E-state index < -0.39 is 0 Å². The molecule has 1 aliphatic heterocycles. The Bertz CT molecular complexity index is 62.9. The van der Waals surface area contributed by atoms with Crippen LogP contribution in [-0.4, -0.2) is 38.8 Å². The fraction of sp³-hybridized carbons (Fsp3) is 1.00. The fourth-order valence-electron chi connectivity index (χ4n) is 0.958. The summed E-state index contributed by atoms with van der Waals surface area (Å²) in [5.74, 6) is 0. The summed E-state index contributed by atoms with van der Waals surface area (Å²) in [5, 5.41) is 0. The average molecular weight is 189 g/mol. The van der Waals surface area contributed by atoms with Gasteiger partial charge in [0.05, 0.1) is 0 Å². The van der Waals surface area contributed by atoms with Crippen molar-refractivity contribution in [2.75, 3.05) is 33.9 Å². The van der Waals surface area contributed by atoms with Crippen molar-refractivity contribution in [3.63, 3.8) is 0 Å². The van der Waals surface area contributed by atoms with Crippen molar-refractivity contribution in [2.24, 2.45) is 0 Å².